The molecule has 2 N–H and O–H groups in total. The van der Waals surface area contributed by atoms with Gasteiger partial charge in [-0.25, -0.2) is 0 Å². The number of hydrogen-bond acceptors (Lipinski definition) is 2. The Morgan fingerprint density at radius 3 is 2.59 bits per heavy atom. The minimum absolute atomic E-state index is 0.0491. The van der Waals surface area contributed by atoms with Gasteiger partial charge in [0.2, 0.25) is 0 Å². The van der Waals surface area contributed by atoms with Crippen molar-refractivity contribution < 1.29 is 13.2 Å². The molecule has 0 bridgehead atoms. The summed E-state index contributed by atoms with van der Waals surface area (Å²) in [7, 11) is 0. The first-order valence-corrected chi connectivity index (χ1v) is 6.04. The summed E-state index contributed by atoms with van der Waals surface area (Å²) in [4.78, 5) is 1.88. The van der Waals surface area contributed by atoms with E-state index in [0.717, 1.165) is 6.42 Å². The minimum atomic E-state index is -4.34. The van der Waals surface area contributed by atoms with E-state index >= 15 is 0 Å². The molecule has 6 heteroatoms. The molecule has 1 aromatic rings. The SMILES string of the molecule is NC1CCN(c2ccc(Br)c(C(F)(F)F)c2)C1. The molecule has 0 spiro atoms. The third-order valence-electron chi connectivity index (χ3n) is 2.85. The molecule has 1 aliphatic heterocycles. The average molecular weight is 309 g/mol. The van der Waals surface area contributed by atoms with Crippen LogP contribution in [-0.4, -0.2) is 19.1 Å². The van der Waals surface area contributed by atoms with Crippen LogP contribution in [0.1, 0.15) is 12.0 Å². The van der Waals surface area contributed by atoms with Gasteiger partial charge >= 0.3 is 6.18 Å². The Kier molecular flexibility index (Phi) is 3.36. The van der Waals surface area contributed by atoms with E-state index in [0.29, 0.717) is 18.8 Å². The van der Waals surface area contributed by atoms with Crippen LogP contribution in [0.3, 0.4) is 0 Å². The van der Waals surface area contributed by atoms with E-state index in [9.17, 15) is 13.2 Å². The van der Waals surface area contributed by atoms with Gasteiger partial charge in [0, 0.05) is 29.3 Å². The summed E-state index contributed by atoms with van der Waals surface area (Å²) in [5.41, 5.74) is 5.68. The second-order valence-corrected chi connectivity index (χ2v) is 5.01. The summed E-state index contributed by atoms with van der Waals surface area (Å²) in [6, 6.07) is 4.33. The Labute approximate surface area is 106 Å². The lowest BCUT2D eigenvalue weighted by Gasteiger charge is -2.20. The molecule has 1 saturated heterocycles. The van der Waals surface area contributed by atoms with Crippen molar-refractivity contribution >= 4 is 21.6 Å². The van der Waals surface area contributed by atoms with Crippen molar-refractivity contribution in [3.63, 3.8) is 0 Å². The molecular weight excluding hydrogens is 297 g/mol. The number of benzene rings is 1. The Bertz CT molecular complexity index is 420. The predicted molar refractivity (Wildman–Crippen MR) is 63.9 cm³/mol. The summed E-state index contributed by atoms with van der Waals surface area (Å²) in [6.45, 7) is 1.32. The van der Waals surface area contributed by atoms with Crippen LogP contribution in [0.5, 0.6) is 0 Å². The smallest absolute Gasteiger partial charge is 0.370 e. The summed E-state index contributed by atoms with van der Waals surface area (Å²) in [6.07, 6.45) is -3.52. The number of alkyl halides is 3. The fourth-order valence-corrected chi connectivity index (χ4v) is 2.42. The van der Waals surface area contributed by atoms with Crippen molar-refractivity contribution in [1.29, 1.82) is 0 Å². The van der Waals surface area contributed by atoms with Crippen molar-refractivity contribution in [2.24, 2.45) is 5.73 Å². The molecule has 0 saturated carbocycles. The monoisotopic (exact) mass is 308 g/mol. The lowest BCUT2D eigenvalue weighted by atomic mass is 10.2. The first kappa shape index (κ1) is 12.7. The van der Waals surface area contributed by atoms with Crippen molar-refractivity contribution in [2.45, 2.75) is 18.6 Å². The van der Waals surface area contributed by atoms with E-state index < -0.39 is 11.7 Å². The molecule has 1 unspecified atom stereocenters. The van der Waals surface area contributed by atoms with Gasteiger partial charge in [0.05, 0.1) is 5.56 Å². The molecule has 2 rings (SSSR count). The molecule has 0 aromatic heterocycles. The minimum Gasteiger partial charge on any atom is -0.370 e. The number of nitrogens with zero attached hydrogens (tertiary/aromatic N) is 1. The van der Waals surface area contributed by atoms with Crippen LogP contribution in [0, 0.1) is 0 Å². The molecule has 1 atom stereocenters. The van der Waals surface area contributed by atoms with Crippen LogP contribution in [-0.2, 0) is 6.18 Å². The Morgan fingerprint density at radius 2 is 2.06 bits per heavy atom. The highest BCUT2D eigenvalue weighted by atomic mass is 79.9. The second-order valence-electron chi connectivity index (χ2n) is 4.16. The zero-order valence-corrected chi connectivity index (χ0v) is 10.6. The van der Waals surface area contributed by atoms with Gasteiger partial charge in [-0.15, -0.1) is 0 Å². The van der Waals surface area contributed by atoms with Gasteiger partial charge in [-0.2, -0.15) is 13.2 Å². The first-order chi connectivity index (χ1) is 7.88. The van der Waals surface area contributed by atoms with Crippen molar-refractivity contribution in [3.05, 3.63) is 28.2 Å². The fraction of sp³-hybridized carbons (Fsp3) is 0.455. The van der Waals surface area contributed by atoms with E-state index in [1.165, 1.54) is 12.1 Å². The highest BCUT2D eigenvalue weighted by molar-refractivity contribution is 9.10. The maximum atomic E-state index is 12.7. The molecule has 1 aromatic carbocycles. The van der Waals surface area contributed by atoms with Gasteiger partial charge in [-0.05, 0) is 24.6 Å². The average Bonchev–Trinajstić information content (AvgIpc) is 2.64. The van der Waals surface area contributed by atoms with Gasteiger partial charge in [-0.1, -0.05) is 15.9 Å². The zero-order valence-electron chi connectivity index (χ0n) is 8.97. The maximum Gasteiger partial charge on any atom is 0.417 e. The van der Waals surface area contributed by atoms with Crippen LogP contribution < -0.4 is 10.6 Å². The second kappa shape index (κ2) is 4.49. The van der Waals surface area contributed by atoms with Gasteiger partial charge < -0.3 is 10.6 Å². The van der Waals surface area contributed by atoms with E-state index in [1.54, 1.807) is 6.07 Å². The van der Waals surface area contributed by atoms with E-state index in [1.807, 2.05) is 4.90 Å². The third kappa shape index (κ3) is 2.74. The molecule has 1 aliphatic rings. The molecule has 0 radical (unpaired) electrons. The van der Waals surface area contributed by atoms with Crippen molar-refractivity contribution in [2.75, 3.05) is 18.0 Å². The van der Waals surface area contributed by atoms with Gasteiger partial charge in [0.1, 0.15) is 0 Å². The quantitative estimate of drug-likeness (QED) is 0.864. The molecule has 0 amide bonds. The maximum absolute atomic E-state index is 12.7. The lowest BCUT2D eigenvalue weighted by Crippen LogP contribution is -2.26. The van der Waals surface area contributed by atoms with E-state index in [-0.39, 0.29) is 10.5 Å². The van der Waals surface area contributed by atoms with Gasteiger partial charge in [0.25, 0.3) is 0 Å². The normalized spacial score (nSPS) is 21.0. The third-order valence-corrected chi connectivity index (χ3v) is 3.54. The highest BCUT2D eigenvalue weighted by Gasteiger charge is 2.34. The summed E-state index contributed by atoms with van der Waals surface area (Å²) in [5, 5.41) is 0. The standard InChI is InChI=1S/C11H12BrF3N2/c12-10-2-1-8(5-9(10)11(13,14)15)17-4-3-7(16)6-17/h1-2,5,7H,3-4,6,16H2. The molecule has 0 aliphatic carbocycles. The van der Waals surface area contributed by atoms with Crippen molar-refractivity contribution in [1.82, 2.24) is 0 Å². The lowest BCUT2D eigenvalue weighted by molar-refractivity contribution is -0.138. The Hall–Kier alpha value is -0.750. The number of anilines is 1. The van der Waals surface area contributed by atoms with Crippen LogP contribution in [0.4, 0.5) is 18.9 Å². The van der Waals surface area contributed by atoms with E-state index in [2.05, 4.69) is 15.9 Å². The zero-order chi connectivity index (χ0) is 12.6. The van der Waals surface area contributed by atoms with Crippen molar-refractivity contribution in [3.8, 4) is 0 Å². The summed E-state index contributed by atoms with van der Waals surface area (Å²) < 4.78 is 38.2. The van der Waals surface area contributed by atoms with Crippen LogP contribution in [0.15, 0.2) is 22.7 Å². The fourth-order valence-electron chi connectivity index (χ4n) is 1.95. The molecule has 1 fully saturated rings. The first-order valence-electron chi connectivity index (χ1n) is 5.25. The van der Waals surface area contributed by atoms with Crippen LogP contribution >= 0.6 is 15.9 Å². The number of hydrogen-bond donors (Lipinski definition) is 1. The molecular formula is C11H12BrF3N2. The molecule has 17 heavy (non-hydrogen) atoms. The molecule has 94 valence electrons. The largest absolute Gasteiger partial charge is 0.417 e. The number of rotatable bonds is 1. The number of nitrogens with two attached hydrogens (primary N) is 1. The highest BCUT2D eigenvalue weighted by Crippen LogP contribution is 2.37. The summed E-state index contributed by atoms with van der Waals surface area (Å²) in [5.74, 6) is 0. The van der Waals surface area contributed by atoms with Gasteiger partial charge in [0.15, 0.2) is 0 Å². The topological polar surface area (TPSA) is 29.3 Å². The molecule has 1 heterocycles. The summed E-state index contributed by atoms with van der Waals surface area (Å²) >= 11 is 2.92. The van der Waals surface area contributed by atoms with E-state index in [4.69, 9.17) is 5.73 Å². The van der Waals surface area contributed by atoms with Crippen LogP contribution in [0.2, 0.25) is 0 Å². The Morgan fingerprint density at radius 1 is 1.35 bits per heavy atom. The Balaban J connectivity index is 2.31. The van der Waals surface area contributed by atoms with Crippen LogP contribution in [0.25, 0.3) is 0 Å². The number of halogens is 4. The predicted octanol–water partition coefficient (Wildman–Crippen LogP) is 3.01. The molecule has 2 nitrogen and oxygen atoms in total. The van der Waals surface area contributed by atoms with Gasteiger partial charge in [-0.3, -0.25) is 0 Å².